The third-order valence-electron chi connectivity index (χ3n) is 3.79. The minimum atomic E-state index is -4.36. The maximum atomic E-state index is 12.1. The molecule has 3 rings (SSSR count). The van der Waals surface area contributed by atoms with Crippen molar-refractivity contribution in [3.05, 3.63) is 40.2 Å². The van der Waals surface area contributed by atoms with E-state index in [1.165, 1.54) is 18.2 Å². The number of hydrogen-bond acceptors (Lipinski definition) is 5. The van der Waals surface area contributed by atoms with Gasteiger partial charge in [-0.05, 0) is 24.1 Å². The molecule has 25 heavy (non-hydrogen) atoms. The van der Waals surface area contributed by atoms with Gasteiger partial charge in [0.1, 0.15) is 11.6 Å². The van der Waals surface area contributed by atoms with Crippen LogP contribution in [0.1, 0.15) is 18.4 Å². The molecule has 1 aromatic carbocycles. The van der Waals surface area contributed by atoms with Crippen molar-refractivity contribution >= 4 is 36.1 Å². The first kappa shape index (κ1) is 17.3. The highest BCUT2D eigenvalue weighted by Crippen LogP contribution is 2.40. The van der Waals surface area contributed by atoms with Gasteiger partial charge in [-0.15, -0.1) is 0 Å². The lowest BCUT2D eigenvalue weighted by molar-refractivity contribution is -0.122. The number of amides is 2. The summed E-state index contributed by atoms with van der Waals surface area (Å²) in [5, 5.41) is 5.53. The Bertz CT molecular complexity index is 962. The molecule has 1 fully saturated rings. The normalized spacial score (nSPS) is 17.5. The predicted octanol–water partition coefficient (Wildman–Crippen LogP) is 0.688. The molecule has 1 atom stereocenters. The smallest absolute Gasteiger partial charge is 0.336 e. The zero-order valence-corrected chi connectivity index (χ0v) is 13.8. The predicted molar refractivity (Wildman–Crippen MR) is 88.0 cm³/mol. The van der Waals surface area contributed by atoms with Gasteiger partial charge in [-0.25, -0.2) is 4.79 Å². The molecule has 0 aliphatic carbocycles. The van der Waals surface area contributed by atoms with Gasteiger partial charge in [0.15, 0.2) is 0 Å². The summed E-state index contributed by atoms with van der Waals surface area (Å²) in [6.07, 6.45) is 0.102. The number of nitrogens with one attached hydrogen (secondary N) is 2. The number of benzene rings is 1. The lowest BCUT2D eigenvalue weighted by Gasteiger charge is -2.12. The van der Waals surface area contributed by atoms with Gasteiger partial charge >= 0.3 is 13.2 Å². The van der Waals surface area contributed by atoms with E-state index < -0.39 is 25.4 Å². The van der Waals surface area contributed by atoms with E-state index in [1.807, 2.05) is 0 Å². The maximum Gasteiger partial charge on any atom is 0.336 e. The summed E-state index contributed by atoms with van der Waals surface area (Å²) >= 11 is 0. The molecule has 4 N–H and O–H groups in total. The first-order valence-electron chi connectivity index (χ1n) is 7.43. The van der Waals surface area contributed by atoms with Crippen molar-refractivity contribution in [2.45, 2.75) is 25.0 Å². The Morgan fingerprint density at radius 3 is 2.72 bits per heavy atom. The van der Waals surface area contributed by atoms with Crippen LogP contribution in [0.5, 0.6) is 0 Å². The molecule has 2 heterocycles. The Balaban J connectivity index is 1.89. The molecule has 132 valence electrons. The topological polar surface area (TPSA) is 146 Å². The van der Waals surface area contributed by atoms with Crippen molar-refractivity contribution < 1.29 is 28.4 Å². The van der Waals surface area contributed by atoms with E-state index >= 15 is 0 Å². The Hall–Kier alpha value is -2.48. The average molecular weight is 366 g/mol. The number of rotatable bonds is 4. The number of carbonyl (C=O) groups excluding carboxylic acids is 2. The van der Waals surface area contributed by atoms with Crippen molar-refractivity contribution in [1.29, 1.82) is 0 Å². The van der Waals surface area contributed by atoms with Crippen LogP contribution in [0.25, 0.3) is 11.0 Å². The fraction of sp³-hybridized carbons (Fsp3) is 0.267. The summed E-state index contributed by atoms with van der Waals surface area (Å²) in [6, 6.07) is 4.85. The SMILES string of the molecule is O=C1CC[C@H](C(=O)Nc2ccc3c(CP(=O)(O)O)cc(=O)oc3c2)N1. The molecule has 2 amide bonds. The fourth-order valence-electron chi connectivity index (χ4n) is 2.70. The summed E-state index contributed by atoms with van der Waals surface area (Å²) < 4.78 is 16.3. The molecule has 1 aliphatic rings. The zero-order chi connectivity index (χ0) is 18.2. The average Bonchev–Trinajstić information content (AvgIpc) is 2.91. The minimum absolute atomic E-state index is 0.101. The standard InChI is InChI=1S/C15H15N2O7P/c18-13-4-3-11(17-13)15(20)16-9-1-2-10-8(7-25(21,22)23)5-14(19)24-12(10)6-9/h1-2,5-6,11H,3-4,7H2,(H,16,20)(H,17,18)(H2,21,22,23)/t11-/m1/s1. The lowest BCUT2D eigenvalue weighted by Crippen LogP contribution is -2.37. The summed E-state index contributed by atoms with van der Waals surface area (Å²) in [5.41, 5.74) is -0.137. The van der Waals surface area contributed by atoms with Crippen molar-refractivity contribution in [3.8, 4) is 0 Å². The van der Waals surface area contributed by atoms with Gasteiger partial charge in [0, 0.05) is 29.6 Å². The lowest BCUT2D eigenvalue weighted by atomic mass is 10.1. The zero-order valence-electron chi connectivity index (χ0n) is 12.9. The van der Waals surface area contributed by atoms with E-state index in [1.54, 1.807) is 0 Å². The highest BCUT2D eigenvalue weighted by Gasteiger charge is 2.27. The van der Waals surface area contributed by atoms with Crippen LogP contribution < -0.4 is 16.3 Å². The molecule has 0 spiro atoms. The minimum Gasteiger partial charge on any atom is -0.423 e. The Kier molecular flexibility index (Phi) is 4.47. The van der Waals surface area contributed by atoms with Crippen LogP contribution in [-0.2, 0) is 20.3 Å². The van der Waals surface area contributed by atoms with Crippen LogP contribution in [0.3, 0.4) is 0 Å². The van der Waals surface area contributed by atoms with Crippen molar-refractivity contribution in [1.82, 2.24) is 5.32 Å². The van der Waals surface area contributed by atoms with E-state index in [9.17, 15) is 18.9 Å². The van der Waals surface area contributed by atoms with E-state index in [0.717, 1.165) is 6.07 Å². The van der Waals surface area contributed by atoms with E-state index in [4.69, 9.17) is 14.2 Å². The Labute approximate surface area is 141 Å². The second-order valence-corrected chi connectivity index (χ2v) is 7.42. The Morgan fingerprint density at radius 2 is 2.08 bits per heavy atom. The summed E-state index contributed by atoms with van der Waals surface area (Å²) in [6.45, 7) is 0. The second-order valence-electron chi connectivity index (χ2n) is 5.77. The van der Waals surface area contributed by atoms with Crippen LogP contribution in [0.15, 0.2) is 33.5 Å². The van der Waals surface area contributed by atoms with Gasteiger partial charge in [-0.2, -0.15) is 0 Å². The molecule has 9 nitrogen and oxygen atoms in total. The van der Waals surface area contributed by atoms with E-state index in [-0.39, 0.29) is 29.4 Å². The molecule has 0 saturated carbocycles. The molecule has 10 heteroatoms. The van der Waals surface area contributed by atoms with E-state index in [2.05, 4.69) is 10.6 Å². The maximum absolute atomic E-state index is 12.1. The van der Waals surface area contributed by atoms with Crippen molar-refractivity contribution in [3.63, 3.8) is 0 Å². The summed E-state index contributed by atoms with van der Waals surface area (Å²) in [5.74, 6) is -0.578. The first-order valence-corrected chi connectivity index (χ1v) is 9.23. The molecule has 1 aromatic heterocycles. The monoisotopic (exact) mass is 366 g/mol. The van der Waals surface area contributed by atoms with Gasteiger partial charge in [0.2, 0.25) is 11.8 Å². The summed E-state index contributed by atoms with van der Waals surface area (Å²) in [4.78, 5) is 53.1. The molecule has 0 bridgehead atoms. The molecule has 1 aliphatic heterocycles. The molecule has 0 radical (unpaired) electrons. The molecule has 2 aromatic rings. The van der Waals surface area contributed by atoms with Crippen LogP contribution in [0.4, 0.5) is 5.69 Å². The van der Waals surface area contributed by atoms with Crippen molar-refractivity contribution in [2.75, 3.05) is 5.32 Å². The van der Waals surface area contributed by atoms with Gasteiger partial charge in [-0.3, -0.25) is 14.2 Å². The molecule has 0 unspecified atom stereocenters. The molecule has 1 saturated heterocycles. The largest absolute Gasteiger partial charge is 0.423 e. The van der Waals surface area contributed by atoms with Crippen LogP contribution in [0, 0.1) is 0 Å². The molecular formula is C15H15N2O7P. The Morgan fingerprint density at radius 1 is 1.32 bits per heavy atom. The van der Waals surface area contributed by atoms with Gasteiger partial charge in [0.05, 0.1) is 6.16 Å². The number of carbonyl (C=O) groups is 2. The van der Waals surface area contributed by atoms with Gasteiger partial charge < -0.3 is 24.8 Å². The van der Waals surface area contributed by atoms with Crippen LogP contribution in [0.2, 0.25) is 0 Å². The first-order chi connectivity index (χ1) is 11.7. The van der Waals surface area contributed by atoms with Crippen LogP contribution >= 0.6 is 7.60 Å². The number of fused-ring (bicyclic) bond motifs is 1. The number of hydrogen-bond donors (Lipinski definition) is 4. The van der Waals surface area contributed by atoms with Crippen molar-refractivity contribution in [2.24, 2.45) is 0 Å². The third kappa shape index (κ3) is 4.14. The quantitative estimate of drug-likeness (QED) is 0.460. The third-order valence-corrected chi connectivity index (χ3v) is 4.54. The molecular weight excluding hydrogens is 351 g/mol. The van der Waals surface area contributed by atoms with Gasteiger partial charge in [0.25, 0.3) is 0 Å². The second kappa shape index (κ2) is 6.44. The highest BCUT2D eigenvalue weighted by atomic mass is 31.2. The summed E-state index contributed by atoms with van der Waals surface area (Å²) in [7, 11) is -4.36. The van der Waals surface area contributed by atoms with Crippen LogP contribution in [-0.4, -0.2) is 27.6 Å². The highest BCUT2D eigenvalue weighted by molar-refractivity contribution is 7.50. The van der Waals surface area contributed by atoms with Gasteiger partial charge in [-0.1, -0.05) is 0 Å². The van der Waals surface area contributed by atoms with E-state index in [0.29, 0.717) is 17.5 Å². The fourth-order valence-corrected chi connectivity index (χ4v) is 3.41. The number of anilines is 1.